The van der Waals surface area contributed by atoms with Gasteiger partial charge in [-0.2, -0.15) is 0 Å². The van der Waals surface area contributed by atoms with E-state index in [-0.39, 0.29) is 11.9 Å². The van der Waals surface area contributed by atoms with Crippen LogP contribution in [0.3, 0.4) is 0 Å². The van der Waals surface area contributed by atoms with Crippen LogP contribution in [0.4, 0.5) is 0 Å². The van der Waals surface area contributed by atoms with E-state index in [4.69, 9.17) is 5.11 Å². The largest absolute Gasteiger partial charge is 0.475 e. The fraction of sp³-hybridized carbons (Fsp3) is 0.692. The molecule has 106 valence electrons. The van der Waals surface area contributed by atoms with Gasteiger partial charge in [0.25, 0.3) is 0 Å². The number of carboxylic acids is 1. The fourth-order valence-electron chi connectivity index (χ4n) is 2.31. The predicted molar refractivity (Wildman–Crippen MR) is 72.3 cm³/mol. The van der Waals surface area contributed by atoms with Crippen LogP contribution in [-0.2, 0) is 6.54 Å². The van der Waals surface area contributed by atoms with Gasteiger partial charge in [-0.3, -0.25) is 4.90 Å². The summed E-state index contributed by atoms with van der Waals surface area (Å²) in [5.41, 5.74) is 0.843. The summed E-state index contributed by atoms with van der Waals surface area (Å²) in [7, 11) is 2.12. The number of rotatable bonds is 4. The Morgan fingerprint density at radius 2 is 2.00 bits per heavy atom. The monoisotopic (exact) mass is 266 g/mol. The van der Waals surface area contributed by atoms with Crippen molar-refractivity contribution in [1.82, 2.24) is 19.4 Å². The van der Waals surface area contributed by atoms with Gasteiger partial charge in [0.2, 0.25) is 5.82 Å². The summed E-state index contributed by atoms with van der Waals surface area (Å²) in [5, 5.41) is 9.16. The first-order valence-electron chi connectivity index (χ1n) is 6.69. The molecule has 1 aromatic heterocycles. The summed E-state index contributed by atoms with van der Waals surface area (Å²) in [6, 6.07) is 0.111. The summed E-state index contributed by atoms with van der Waals surface area (Å²) >= 11 is 0. The number of hydrogen-bond acceptors (Lipinski definition) is 4. The normalized spacial score (nSPS) is 18.1. The first-order chi connectivity index (χ1) is 8.97. The van der Waals surface area contributed by atoms with Crippen molar-refractivity contribution in [1.29, 1.82) is 0 Å². The molecule has 19 heavy (non-hydrogen) atoms. The Labute approximate surface area is 113 Å². The lowest BCUT2D eigenvalue weighted by Crippen LogP contribution is -2.43. The molecule has 6 nitrogen and oxygen atoms in total. The molecule has 0 spiro atoms. The molecule has 0 aromatic carbocycles. The van der Waals surface area contributed by atoms with E-state index in [1.54, 1.807) is 4.57 Å². The average Bonchev–Trinajstić information content (AvgIpc) is 2.76. The molecular weight excluding hydrogens is 244 g/mol. The Morgan fingerprint density at radius 3 is 2.47 bits per heavy atom. The third-order valence-corrected chi connectivity index (χ3v) is 3.51. The number of carboxylic acid groups (broad SMARTS) is 1. The van der Waals surface area contributed by atoms with Gasteiger partial charge in [-0.05, 0) is 20.9 Å². The highest BCUT2D eigenvalue weighted by atomic mass is 16.4. The second-order valence-corrected chi connectivity index (χ2v) is 5.44. The van der Waals surface area contributed by atoms with Gasteiger partial charge in [0.05, 0.1) is 5.69 Å². The molecule has 1 fully saturated rings. The van der Waals surface area contributed by atoms with Crippen LogP contribution in [0.1, 0.15) is 36.2 Å². The molecule has 0 atom stereocenters. The molecule has 0 amide bonds. The topological polar surface area (TPSA) is 61.6 Å². The third-order valence-electron chi connectivity index (χ3n) is 3.51. The SMILES string of the molecule is CC(C)n1cc(CN2CCN(C)CC2)nc1C(=O)O. The van der Waals surface area contributed by atoms with Crippen molar-refractivity contribution in [3.05, 3.63) is 17.7 Å². The molecule has 0 saturated carbocycles. The van der Waals surface area contributed by atoms with Crippen LogP contribution in [0.15, 0.2) is 6.20 Å². The summed E-state index contributed by atoms with van der Waals surface area (Å²) in [6.45, 7) is 8.78. The third kappa shape index (κ3) is 3.33. The van der Waals surface area contributed by atoms with Gasteiger partial charge in [0, 0.05) is 45.0 Å². The number of hydrogen-bond donors (Lipinski definition) is 1. The molecule has 2 heterocycles. The summed E-state index contributed by atoms with van der Waals surface area (Å²) in [4.78, 5) is 20.0. The lowest BCUT2D eigenvalue weighted by atomic mass is 10.3. The van der Waals surface area contributed by atoms with Gasteiger partial charge in [-0.15, -0.1) is 0 Å². The zero-order chi connectivity index (χ0) is 14.0. The van der Waals surface area contributed by atoms with Crippen LogP contribution in [0.2, 0.25) is 0 Å². The van der Waals surface area contributed by atoms with Gasteiger partial charge >= 0.3 is 5.97 Å². The highest BCUT2D eigenvalue weighted by Crippen LogP contribution is 2.13. The van der Waals surface area contributed by atoms with Gasteiger partial charge in [0.15, 0.2) is 0 Å². The number of aromatic carboxylic acids is 1. The molecule has 1 N–H and O–H groups in total. The summed E-state index contributed by atoms with van der Waals surface area (Å²) in [5.74, 6) is -0.822. The number of aromatic nitrogens is 2. The van der Waals surface area contributed by atoms with Crippen LogP contribution in [-0.4, -0.2) is 63.7 Å². The minimum atomic E-state index is -0.960. The lowest BCUT2D eigenvalue weighted by molar-refractivity contribution is 0.0676. The van der Waals surface area contributed by atoms with Crippen molar-refractivity contribution >= 4 is 5.97 Å². The van der Waals surface area contributed by atoms with E-state index in [2.05, 4.69) is 21.8 Å². The molecular formula is C13H22N4O2. The van der Waals surface area contributed by atoms with E-state index in [0.29, 0.717) is 0 Å². The number of likely N-dealkylation sites (N-methyl/N-ethyl adjacent to an activating group) is 1. The average molecular weight is 266 g/mol. The van der Waals surface area contributed by atoms with Crippen molar-refractivity contribution in [2.75, 3.05) is 33.2 Å². The van der Waals surface area contributed by atoms with Gasteiger partial charge in [0.1, 0.15) is 0 Å². The van der Waals surface area contributed by atoms with Crippen molar-refractivity contribution in [2.45, 2.75) is 26.4 Å². The Morgan fingerprint density at radius 1 is 1.37 bits per heavy atom. The van der Waals surface area contributed by atoms with Gasteiger partial charge in [-0.1, -0.05) is 0 Å². The molecule has 1 aliphatic rings. The standard InChI is InChI=1S/C13H22N4O2/c1-10(2)17-9-11(14-12(17)13(18)19)8-16-6-4-15(3)5-7-16/h9-10H,4-8H2,1-3H3,(H,18,19). The Hall–Kier alpha value is -1.40. The summed E-state index contributed by atoms with van der Waals surface area (Å²) in [6.07, 6.45) is 1.87. The molecule has 0 bridgehead atoms. The van der Waals surface area contributed by atoms with Gasteiger partial charge in [-0.25, -0.2) is 9.78 Å². The molecule has 1 aromatic rings. The Bertz CT molecular complexity index is 447. The van der Waals surface area contributed by atoms with Gasteiger partial charge < -0.3 is 14.6 Å². The molecule has 6 heteroatoms. The molecule has 0 radical (unpaired) electrons. The number of nitrogens with zero attached hydrogens (tertiary/aromatic N) is 4. The van der Waals surface area contributed by atoms with Crippen LogP contribution in [0, 0.1) is 0 Å². The van der Waals surface area contributed by atoms with E-state index in [1.807, 2.05) is 20.0 Å². The molecule has 0 aliphatic carbocycles. The minimum absolute atomic E-state index is 0.111. The quantitative estimate of drug-likeness (QED) is 0.877. The van der Waals surface area contributed by atoms with E-state index in [0.717, 1.165) is 38.4 Å². The predicted octanol–water partition coefficient (Wildman–Crippen LogP) is 0.910. The number of carbonyl (C=O) groups is 1. The number of imidazole rings is 1. The first-order valence-corrected chi connectivity index (χ1v) is 6.69. The summed E-state index contributed by atoms with van der Waals surface area (Å²) < 4.78 is 1.73. The first kappa shape index (κ1) is 14.0. The van der Waals surface area contributed by atoms with E-state index in [1.165, 1.54) is 0 Å². The van der Waals surface area contributed by atoms with Crippen molar-refractivity contribution < 1.29 is 9.90 Å². The maximum Gasteiger partial charge on any atom is 0.372 e. The Balaban J connectivity index is 2.08. The second kappa shape index (κ2) is 5.71. The van der Waals surface area contributed by atoms with E-state index < -0.39 is 5.97 Å². The van der Waals surface area contributed by atoms with Crippen molar-refractivity contribution in [3.63, 3.8) is 0 Å². The molecule has 0 unspecified atom stereocenters. The maximum atomic E-state index is 11.2. The molecule has 1 aliphatic heterocycles. The van der Waals surface area contributed by atoms with Crippen LogP contribution < -0.4 is 0 Å². The van der Waals surface area contributed by atoms with E-state index in [9.17, 15) is 4.79 Å². The van der Waals surface area contributed by atoms with Crippen LogP contribution in [0.5, 0.6) is 0 Å². The zero-order valence-corrected chi connectivity index (χ0v) is 11.8. The fourth-order valence-corrected chi connectivity index (χ4v) is 2.31. The lowest BCUT2D eigenvalue weighted by Gasteiger charge is -2.31. The van der Waals surface area contributed by atoms with E-state index >= 15 is 0 Å². The molecule has 1 saturated heterocycles. The highest BCUT2D eigenvalue weighted by molar-refractivity contribution is 5.83. The molecule has 2 rings (SSSR count). The Kier molecular flexibility index (Phi) is 4.21. The smallest absolute Gasteiger partial charge is 0.372 e. The highest BCUT2D eigenvalue weighted by Gasteiger charge is 2.19. The van der Waals surface area contributed by atoms with Crippen LogP contribution >= 0.6 is 0 Å². The maximum absolute atomic E-state index is 11.2. The number of piperazine rings is 1. The van der Waals surface area contributed by atoms with Crippen LogP contribution in [0.25, 0.3) is 0 Å². The zero-order valence-electron chi connectivity index (χ0n) is 11.8. The second-order valence-electron chi connectivity index (χ2n) is 5.44. The minimum Gasteiger partial charge on any atom is -0.475 e. The van der Waals surface area contributed by atoms with Crippen molar-refractivity contribution in [3.8, 4) is 0 Å². The van der Waals surface area contributed by atoms with Crippen molar-refractivity contribution in [2.24, 2.45) is 0 Å².